The molecule has 0 spiro atoms. The van der Waals surface area contributed by atoms with Gasteiger partial charge in [-0.15, -0.1) is 0 Å². The summed E-state index contributed by atoms with van der Waals surface area (Å²) in [6, 6.07) is 10.4. The van der Waals surface area contributed by atoms with Gasteiger partial charge >= 0.3 is 6.18 Å². The van der Waals surface area contributed by atoms with E-state index in [0.29, 0.717) is 5.92 Å². The number of halogens is 4. The highest BCUT2D eigenvalue weighted by molar-refractivity contribution is 9.10. The first-order chi connectivity index (χ1) is 17.7. The predicted molar refractivity (Wildman–Crippen MR) is 134 cm³/mol. The summed E-state index contributed by atoms with van der Waals surface area (Å²) >= 11 is 3.44. The minimum atomic E-state index is -4.68. The van der Waals surface area contributed by atoms with Gasteiger partial charge in [0.1, 0.15) is 17.4 Å². The van der Waals surface area contributed by atoms with Gasteiger partial charge in [0.25, 0.3) is 5.91 Å². The van der Waals surface area contributed by atoms with Crippen LogP contribution in [0.5, 0.6) is 5.88 Å². The second-order valence-electron chi connectivity index (χ2n) is 8.86. The van der Waals surface area contributed by atoms with Gasteiger partial charge in [-0.3, -0.25) is 4.79 Å². The third-order valence-corrected chi connectivity index (χ3v) is 7.11. The molecule has 0 saturated heterocycles. The number of benzene rings is 1. The van der Waals surface area contributed by atoms with Gasteiger partial charge in [0.2, 0.25) is 5.88 Å². The number of hydrogen-bond acceptors (Lipinski definition) is 6. The molecule has 1 fully saturated rings. The van der Waals surface area contributed by atoms with Gasteiger partial charge in [0.15, 0.2) is 5.82 Å². The molecule has 0 aliphatic heterocycles. The fourth-order valence-electron chi connectivity index (χ4n) is 4.82. The Bertz CT molecular complexity index is 1470. The third kappa shape index (κ3) is 4.85. The number of rotatable bonds is 5. The van der Waals surface area contributed by atoms with Gasteiger partial charge in [-0.2, -0.15) is 18.3 Å². The van der Waals surface area contributed by atoms with E-state index in [4.69, 9.17) is 10.5 Å². The summed E-state index contributed by atoms with van der Waals surface area (Å²) in [7, 11) is 1.38. The van der Waals surface area contributed by atoms with Crippen molar-refractivity contribution >= 4 is 33.2 Å². The van der Waals surface area contributed by atoms with E-state index in [9.17, 15) is 18.0 Å². The van der Waals surface area contributed by atoms with Crippen molar-refractivity contribution < 1.29 is 22.7 Å². The number of fused-ring (bicyclic) bond motifs is 1. The molecule has 1 aliphatic rings. The van der Waals surface area contributed by atoms with E-state index in [1.165, 1.54) is 24.9 Å². The molecule has 12 heteroatoms. The number of nitrogen functional groups attached to an aromatic ring is 1. The van der Waals surface area contributed by atoms with Crippen molar-refractivity contribution in [1.29, 1.82) is 0 Å². The number of pyridine rings is 1. The van der Waals surface area contributed by atoms with Crippen LogP contribution in [0.2, 0.25) is 0 Å². The maximum Gasteiger partial charge on any atom is 0.418 e. The molecule has 3 aromatic heterocycles. The predicted octanol–water partition coefficient (Wildman–Crippen LogP) is 5.23. The average molecular weight is 575 g/mol. The number of hydrogen-bond donors (Lipinski definition) is 2. The molecule has 4 aromatic rings. The number of anilines is 1. The molecule has 1 unspecified atom stereocenters. The lowest BCUT2D eigenvalue weighted by Gasteiger charge is -2.15. The highest BCUT2D eigenvalue weighted by atomic mass is 79.9. The molecule has 0 radical (unpaired) electrons. The quantitative estimate of drug-likeness (QED) is 0.338. The molecular formula is C25H22BrF3N6O2. The topological polar surface area (TPSA) is 107 Å². The molecule has 5 rings (SSSR count). The van der Waals surface area contributed by atoms with Gasteiger partial charge in [0.05, 0.1) is 18.4 Å². The molecule has 8 nitrogen and oxygen atoms in total. The van der Waals surface area contributed by atoms with Crippen molar-refractivity contribution in [1.82, 2.24) is 24.9 Å². The van der Waals surface area contributed by atoms with Crippen LogP contribution in [0.25, 0.3) is 16.8 Å². The first-order valence-electron chi connectivity index (χ1n) is 11.5. The van der Waals surface area contributed by atoms with Crippen LogP contribution in [-0.2, 0) is 6.18 Å². The van der Waals surface area contributed by atoms with E-state index in [1.807, 2.05) is 12.1 Å². The Morgan fingerprint density at radius 3 is 2.65 bits per heavy atom. The van der Waals surface area contributed by atoms with Crippen LogP contribution in [0.3, 0.4) is 0 Å². The molecule has 1 saturated carbocycles. The van der Waals surface area contributed by atoms with Gasteiger partial charge < -0.3 is 15.8 Å². The molecule has 3 N–H and O–H groups in total. The number of carbonyl (C=O) groups is 1. The summed E-state index contributed by atoms with van der Waals surface area (Å²) < 4.78 is 48.5. The summed E-state index contributed by atoms with van der Waals surface area (Å²) in [5.74, 6) is -0.342. The van der Waals surface area contributed by atoms with Crippen molar-refractivity contribution in [3.05, 3.63) is 70.1 Å². The number of ether oxygens (including phenoxy) is 1. The molecular weight excluding hydrogens is 553 g/mol. The normalized spacial score (nSPS) is 17.8. The monoisotopic (exact) mass is 574 g/mol. The Hall–Kier alpha value is -3.67. The number of nitrogens with two attached hydrogens (primary N) is 1. The average Bonchev–Trinajstić information content (AvgIpc) is 3.50. The summed E-state index contributed by atoms with van der Waals surface area (Å²) in [4.78, 5) is 21.1. The molecule has 1 aliphatic carbocycles. The van der Waals surface area contributed by atoms with Crippen LogP contribution < -0.4 is 15.8 Å². The molecule has 0 bridgehead atoms. The van der Waals surface area contributed by atoms with Gasteiger partial charge in [-0.25, -0.2) is 14.5 Å². The summed E-state index contributed by atoms with van der Waals surface area (Å²) in [5, 5.41) is 6.99. The minimum absolute atomic E-state index is 0.0620. The summed E-state index contributed by atoms with van der Waals surface area (Å²) in [6.07, 6.45) is 0.219. The van der Waals surface area contributed by atoms with Crippen molar-refractivity contribution in [2.24, 2.45) is 0 Å². The number of aromatic nitrogens is 4. The Morgan fingerprint density at radius 2 is 1.95 bits per heavy atom. The summed E-state index contributed by atoms with van der Waals surface area (Å²) in [5.41, 5.74) is 6.03. The third-order valence-electron chi connectivity index (χ3n) is 6.58. The number of alkyl halides is 3. The Balaban J connectivity index is 1.44. The first kappa shape index (κ1) is 25.0. The van der Waals surface area contributed by atoms with Crippen LogP contribution in [0, 0.1) is 0 Å². The zero-order valence-corrected chi connectivity index (χ0v) is 21.2. The maximum absolute atomic E-state index is 13.7. The van der Waals surface area contributed by atoms with Crippen LogP contribution >= 0.6 is 15.9 Å². The fraction of sp³-hybridized carbons (Fsp3) is 0.280. The molecule has 1 aromatic carbocycles. The standard InChI is InChI=1S/C25H22BrF3N6O2/c1-37-24-18(23(36)34-17-7-4-14(8-17)13-2-5-16(26)6-3-13)9-15(11-31-24)20-10-19(25(27,28)29)21-22(30)32-12-33-35(20)21/h2-3,5-6,9-12,14,17H,4,7-8H2,1H3,(H,34,36)(H2,30,32,33)/t14?,17-/m0/s1. The number of methoxy groups -OCH3 is 1. The summed E-state index contributed by atoms with van der Waals surface area (Å²) in [6.45, 7) is 0. The largest absolute Gasteiger partial charge is 0.480 e. The maximum atomic E-state index is 13.7. The van der Waals surface area contributed by atoms with Crippen LogP contribution in [0.15, 0.2) is 53.4 Å². The first-order valence-corrected chi connectivity index (χ1v) is 12.2. The Morgan fingerprint density at radius 1 is 1.19 bits per heavy atom. The van der Waals surface area contributed by atoms with Crippen molar-refractivity contribution in [3.8, 4) is 17.1 Å². The number of nitrogens with zero attached hydrogens (tertiary/aromatic N) is 4. The highest BCUT2D eigenvalue weighted by Crippen LogP contribution is 2.39. The van der Waals surface area contributed by atoms with Crippen LogP contribution in [-0.4, -0.2) is 38.6 Å². The van der Waals surface area contributed by atoms with E-state index >= 15 is 0 Å². The van der Waals surface area contributed by atoms with E-state index in [-0.39, 0.29) is 40.1 Å². The molecule has 37 heavy (non-hydrogen) atoms. The molecule has 1 amide bonds. The van der Waals surface area contributed by atoms with Gasteiger partial charge in [0, 0.05) is 22.3 Å². The van der Waals surface area contributed by atoms with Crippen LogP contribution in [0.1, 0.15) is 46.7 Å². The second-order valence-corrected chi connectivity index (χ2v) is 9.78. The highest BCUT2D eigenvalue weighted by Gasteiger charge is 2.37. The zero-order valence-electron chi connectivity index (χ0n) is 19.6. The lowest BCUT2D eigenvalue weighted by atomic mass is 9.97. The SMILES string of the molecule is COc1ncc(-c2cc(C(F)(F)F)c3c(N)ncnn23)cc1C(=O)N[C@H]1CCC(c2ccc(Br)cc2)C1. The molecule has 3 heterocycles. The van der Waals surface area contributed by atoms with E-state index in [0.717, 1.165) is 40.6 Å². The smallest absolute Gasteiger partial charge is 0.418 e. The molecule has 192 valence electrons. The van der Waals surface area contributed by atoms with Crippen molar-refractivity contribution in [2.45, 2.75) is 37.4 Å². The van der Waals surface area contributed by atoms with Crippen molar-refractivity contribution in [3.63, 3.8) is 0 Å². The zero-order chi connectivity index (χ0) is 26.3. The van der Waals surface area contributed by atoms with E-state index < -0.39 is 17.6 Å². The fourth-order valence-corrected chi connectivity index (χ4v) is 5.09. The van der Waals surface area contributed by atoms with E-state index in [2.05, 4.69) is 48.4 Å². The van der Waals surface area contributed by atoms with E-state index in [1.54, 1.807) is 0 Å². The number of amides is 1. The lowest BCUT2D eigenvalue weighted by Crippen LogP contribution is -2.33. The number of carbonyl (C=O) groups excluding carboxylic acids is 1. The second kappa shape index (κ2) is 9.66. The number of nitrogens with one attached hydrogen (secondary N) is 1. The van der Waals surface area contributed by atoms with Crippen molar-refractivity contribution in [2.75, 3.05) is 12.8 Å². The Kier molecular flexibility index (Phi) is 6.52. The van der Waals surface area contributed by atoms with Gasteiger partial charge in [-0.1, -0.05) is 28.1 Å². The lowest BCUT2D eigenvalue weighted by molar-refractivity contribution is -0.136. The minimum Gasteiger partial charge on any atom is -0.480 e. The van der Waals surface area contributed by atoms with Gasteiger partial charge in [-0.05, 0) is 55.0 Å². The van der Waals surface area contributed by atoms with Crippen LogP contribution in [0.4, 0.5) is 19.0 Å². The Labute approximate surface area is 218 Å². The molecule has 2 atom stereocenters.